The van der Waals surface area contributed by atoms with Gasteiger partial charge in [-0.2, -0.15) is 0 Å². The van der Waals surface area contributed by atoms with Crippen LogP contribution in [-0.4, -0.2) is 29.0 Å². The smallest absolute Gasteiger partial charge is 0.104 e. The maximum Gasteiger partial charge on any atom is 0.104 e. The highest BCUT2D eigenvalue weighted by atomic mass is 15.1. The van der Waals surface area contributed by atoms with E-state index in [1.165, 1.54) is 0 Å². The summed E-state index contributed by atoms with van der Waals surface area (Å²) in [5, 5.41) is 0. The van der Waals surface area contributed by atoms with Gasteiger partial charge in [0.15, 0.2) is 0 Å². The predicted octanol–water partition coefficient (Wildman–Crippen LogP) is 3.43. The van der Waals surface area contributed by atoms with Crippen molar-refractivity contribution in [3.8, 4) is 0 Å². The van der Waals surface area contributed by atoms with E-state index in [1.807, 2.05) is 51.9 Å². The molecule has 0 fully saturated rings. The van der Waals surface area contributed by atoms with Gasteiger partial charge in [-0.3, -0.25) is 0 Å². The number of rotatable bonds is 2. The van der Waals surface area contributed by atoms with Crippen LogP contribution in [0.5, 0.6) is 0 Å². The number of aromatic amines is 1. The second-order valence-corrected chi connectivity index (χ2v) is 3.90. The van der Waals surface area contributed by atoms with Crippen molar-refractivity contribution in [2.75, 3.05) is 14.1 Å². The maximum absolute atomic E-state index is 4.36. The molecule has 0 aliphatic rings. The lowest BCUT2D eigenvalue weighted by atomic mass is 10.1. The van der Waals surface area contributed by atoms with Gasteiger partial charge in [-0.25, -0.2) is 4.98 Å². The molecule has 0 radical (unpaired) electrons. The standard InChI is InChI=1S/C12H15N3.C2H6/c1-8(15(3)4)10-5-6-11-12(7-10)14-9(2)13-11;1-2/h5-7H,1H2,2-4H3,(H,13,14);1-2H3. The van der Waals surface area contributed by atoms with Crippen LogP contribution in [0.2, 0.25) is 0 Å². The van der Waals surface area contributed by atoms with Crippen LogP contribution in [0.3, 0.4) is 0 Å². The number of aromatic nitrogens is 2. The highest BCUT2D eigenvalue weighted by molar-refractivity contribution is 5.80. The molecule has 0 saturated carbocycles. The Balaban J connectivity index is 0.000000686. The van der Waals surface area contributed by atoms with E-state index in [2.05, 4.69) is 22.6 Å². The number of hydrogen-bond acceptors (Lipinski definition) is 2. The highest BCUT2D eigenvalue weighted by Gasteiger charge is 2.04. The zero-order valence-electron chi connectivity index (χ0n) is 11.3. The van der Waals surface area contributed by atoms with Crippen molar-refractivity contribution in [2.24, 2.45) is 0 Å². The minimum Gasteiger partial charge on any atom is -0.378 e. The van der Waals surface area contributed by atoms with E-state index in [9.17, 15) is 0 Å². The average molecular weight is 231 g/mol. The Morgan fingerprint density at radius 1 is 1.29 bits per heavy atom. The lowest BCUT2D eigenvalue weighted by Gasteiger charge is -2.15. The fourth-order valence-corrected chi connectivity index (χ4v) is 1.57. The summed E-state index contributed by atoms with van der Waals surface area (Å²) in [4.78, 5) is 9.59. The number of aryl methyl sites for hydroxylation is 1. The SMILES string of the molecule is C=C(c1ccc2nc(C)[nH]c2c1)N(C)C.CC. The first-order valence-corrected chi connectivity index (χ1v) is 5.91. The summed E-state index contributed by atoms with van der Waals surface area (Å²) in [5.41, 5.74) is 4.19. The number of nitrogens with one attached hydrogen (secondary N) is 1. The summed E-state index contributed by atoms with van der Waals surface area (Å²) in [6.45, 7) is 9.99. The fourth-order valence-electron chi connectivity index (χ4n) is 1.57. The predicted molar refractivity (Wildman–Crippen MR) is 74.9 cm³/mol. The quantitative estimate of drug-likeness (QED) is 0.858. The van der Waals surface area contributed by atoms with E-state index < -0.39 is 0 Å². The molecule has 0 unspecified atom stereocenters. The largest absolute Gasteiger partial charge is 0.378 e. The normalized spacial score (nSPS) is 9.71. The van der Waals surface area contributed by atoms with Gasteiger partial charge < -0.3 is 9.88 Å². The van der Waals surface area contributed by atoms with Gasteiger partial charge in [-0.1, -0.05) is 26.5 Å². The van der Waals surface area contributed by atoms with Crippen LogP contribution in [-0.2, 0) is 0 Å². The first kappa shape index (κ1) is 13.3. The van der Waals surface area contributed by atoms with E-state index in [4.69, 9.17) is 0 Å². The Bertz CT molecular complexity index is 509. The van der Waals surface area contributed by atoms with E-state index in [1.54, 1.807) is 0 Å². The molecule has 3 heteroatoms. The number of benzene rings is 1. The van der Waals surface area contributed by atoms with Crippen LogP contribution in [0.1, 0.15) is 25.2 Å². The first-order valence-electron chi connectivity index (χ1n) is 5.91. The monoisotopic (exact) mass is 231 g/mol. The van der Waals surface area contributed by atoms with Crippen LogP contribution in [0.15, 0.2) is 24.8 Å². The molecule has 0 saturated heterocycles. The van der Waals surface area contributed by atoms with Crippen LogP contribution in [0.4, 0.5) is 0 Å². The number of hydrogen-bond donors (Lipinski definition) is 1. The van der Waals surface area contributed by atoms with Crippen molar-refractivity contribution in [3.63, 3.8) is 0 Å². The van der Waals surface area contributed by atoms with E-state index in [-0.39, 0.29) is 0 Å². The molecule has 0 amide bonds. The molecule has 2 aromatic rings. The van der Waals surface area contributed by atoms with Crippen molar-refractivity contribution < 1.29 is 0 Å². The second-order valence-electron chi connectivity index (χ2n) is 3.90. The van der Waals surface area contributed by atoms with Gasteiger partial charge in [0.2, 0.25) is 0 Å². The van der Waals surface area contributed by atoms with Crippen molar-refractivity contribution in [2.45, 2.75) is 20.8 Å². The zero-order valence-corrected chi connectivity index (χ0v) is 11.3. The lowest BCUT2D eigenvalue weighted by Crippen LogP contribution is -2.08. The van der Waals surface area contributed by atoms with E-state index in [0.29, 0.717) is 0 Å². The maximum atomic E-state index is 4.36. The Morgan fingerprint density at radius 2 is 1.94 bits per heavy atom. The summed E-state index contributed by atoms with van der Waals surface area (Å²) in [7, 11) is 3.98. The number of H-pyrrole nitrogens is 1. The third-order valence-electron chi connectivity index (χ3n) is 2.47. The molecule has 1 heterocycles. The Kier molecular flexibility index (Phi) is 4.32. The number of fused-ring (bicyclic) bond motifs is 1. The Morgan fingerprint density at radius 3 is 2.53 bits per heavy atom. The van der Waals surface area contributed by atoms with E-state index >= 15 is 0 Å². The molecule has 17 heavy (non-hydrogen) atoms. The van der Waals surface area contributed by atoms with Crippen molar-refractivity contribution >= 4 is 16.7 Å². The van der Waals surface area contributed by atoms with Gasteiger partial charge in [0, 0.05) is 19.8 Å². The minimum absolute atomic E-state index is 0.942. The van der Waals surface area contributed by atoms with Crippen molar-refractivity contribution in [1.82, 2.24) is 14.9 Å². The molecule has 2 rings (SSSR count). The second kappa shape index (κ2) is 5.53. The first-order chi connectivity index (χ1) is 8.08. The van der Waals surface area contributed by atoms with Crippen molar-refractivity contribution in [3.05, 3.63) is 36.2 Å². The van der Waals surface area contributed by atoms with Crippen LogP contribution >= 0.6 is 0 Å². The lowest BCUT2D eigenvalue weighted by molar-refractivity contribution is 0.594. The fraction of sp³-hybridized carbons (Fsp3) is 0.357. The Labute approximate surface area is 103 Å². The summed E-state index contributed by atoms with van der Waals surface area (Å²) in [6, 6.07) is 6.14. The molecule has 92 valence electrons. The van der Waals surface area contributed by atoms with Gasteiger partial charge in [0.05, 0.1) is 11.0 Å². The molecule has 0 spiro atoms. The average Bonchev–Trinajstić information content (AvgIpc) is 2.69. The molecule has 0 aliphatic heterocycles. The van der Waals surface area contributed by atoms with Gasteiger partial charge >= 0.3 is 0 Å². The Hall–Kier alpha value is -1.77. The molecular weight excluding hydrogens is 210 g/mol. The van der Waals surface area contributed by atoms with Gasteiger partial charge in [0.1, 0.15) is 5.82 Å². The van der Waals surface area contributed by atoms with Crippen LogP contribution < -0.4 is 0 Å². The van der Waals surface area contributed by atoms with Crippen molar-refractivity contribution in [1.29, 1.82) is 0 Å². The molecule has 0 aliphatic carbocycles. The summed E-state index contributed by atoms with van der Waals surface area (Å²) in [5.74, 6) is 0.942. The summed E-state index contributed by atoms with van der Waals surface area (Å²) in [6.07, 6.45) is 0. The van der Waals surface area contributed by atoms with Crippen LogP contribution in [0.25, 0.3) is 16.7 Å². The van der Waals surface area contributed by atoms with Gasteiger partial charge in [0.25, 0.3) is 0 Å². The van der Waals surface area contributed by atoms with Gasteiger partial charge in [-0.15, -0.1) is 0 Å². The molecule has 1 N–H and O–H groups in total. The summed E-state index contributed by atoms with van der Waals surface area (Å²) >= 11 is 0. The van der Waals surface area contributed by atoms with Crippen LogP contribution in [0, 0.1) is 6.92 Å². The van der Waals surface area contributed by atoms with Gasteiger partial charge in [-0.05, 0) is 24.6 Å². The number of nitrogens with zero attached hydrogens (tertiary/aromatic N) is 2. The third-order valence-corrected chi connectivity index (χ3v) is 2.47. The number of imidazole rings is 1. The highest BCUT2D eigenvalue weighted by Crippen LogP contribution is 2.19. The minimum atomic E-state index is 0.942. The third kappa shape index (κ3) is 2.87. The molecule has 0 atom stereocenters. The molecule has 3 nitrogen and oxygen atoms in total. The topological polar surface area (TPSA) is 31.9 Å². The molecule has 1 aromatic heterocycles. The summed E-state index contributed by atoms with van der Waals surface area (Å²) < 4.78 is 0. The molecular formula is C14H21N3. The van der Waals surface area contributed by atoms with E-state index in [0.717, 1.165) is 28.1 Å². The molecule has 0 bridgehead atoms. The zero-order chi connectivity index (χ0) is 13.0. The molecule has 1 aromatic carbocycles.